The molecule has 3 amide bonds. The van der Waals surface area contributed by atoms with Crippen molar-refractivity contribution in [1.29, 1.82) is 0 Å². The van der Waals surface area contributed by atoms with Gasteiger partial charge in [0, 0.05) is 24.6 Å². The zero-order valence-corrected chi connectivity index (χ0v) is 22.1. The second-order valence-corrected chi connectivity index (χ2v) is 12.2. The highest BCUT2D eigenvalue weighted by Crippen LogP contribution is 2.66. The lowest BCUT2D eigenvalue weighted by Crippen LogP contribution is -2.50. The standard InChI is InChI=1S/C31H27BrN2O3/c1-18-14-16-33(17-15-18)28(35)19-10-12-20(13-11-19)34-29(36)26-25-21-6-2-4-8-23(21)31(32,27(26)30(34)37)24-9-5-3-7-22(24)25/h2-13,18,25-27H,14-17H2,1H3/t25?,26-,27+,31?/m0/s1. The average molecular weight is 555 g/mol. The Kier molecular flexibility index (Phi) is 5.03. The number of nitrogens with zero attached hydrogens (tertiary/aromatic N) is 2. The molecule has 5 nitrogen and oxygen atoms in total. The van der Waals surface area contributed by atoms with Crippen molar-refractivity contribution < 1.29 is 14.4 Å². The molecule has 2 atom stereocenters. The van der Waals surface area contributed by atoms with Crippen LogP contribution in [-0.2, 0) is 13.9 Å². The van der Waals surface area contributed by atoms with Crippen LogP contribution in [0, 0.1) is 17.8 Å². The fraction of sp³-hybridized carbons (Fsp3) is 0.323. The molecule has 186 valence electrons. The van der Waals surface area contributed by atoms with E-state index in [0.717, 1.165) is 48.2 Å². The van der Waals surface area contributed by atoms with Crippen LogP contribution in [0.4, 0.5) is 5.69 Å². The molecule has 8 rings (SSSR count). The molecule has 3 aromatic rings. The maximum absolute atomic E-state index is 14.1. The quantitative estimate of drug-likeness (QED) is 0.312. The smallest absolute Gasteiger partial charge is 0.253 e. The molecule has 0 aromatic heterocycles. The highest BCUT2D eigenvalue weighted by Gasteiger charge is 2.67. The number of carbonyl (C=O) groups excluding carboxylic acids is 3. The molecule has 2 aliphatic heterocycles. The van der Waals surface area contributed by atoms with Gasteiger partial charge >= 0.3 is 0 Å². The van der Waals surface area contributed by atoms with Crippen LogP contribution >= 0.6 is 15.9 Å². The van der Waals surface area contributed by atoms with Gasteiger partial charge in [0.05, 0.1) is 21.8 Å². The van der Waals surface area contributed by atoms with Crippen LogP contribution in [0.3, 0.4) is 0 Å². The topological polar surface area (TPSA) is 57.7 Å². The average Bonchev–Trinajstić information content (AvgIpc) is 3.20. The Morgan fingerprint density at radius 2 is 1.41 bits per heavy atom. The van der Waals surface area contributed by atoms with Gasteiger partial charge in [-0.25, -0.2) is 4.90 Å². The number of imide groups is 1. The third kappa shape index (κ3) is 3.05. The molecule has 0 N–H and O–H groups in total. The normalized spacial score (nSPS) is 28.2. The van der Waals surface area contributed by atoms with Gasteiger partial charge in [-0.1, -0.05) is 71.4 Å². The number of carbonyl (C=O) groups is 3. The lowest BCUT2D eigenvalue weighted by molar-refractivity contribution is -0.122. The predicted octanol–water partition coefficient (Wildman–Crippen LogP) is 5.46. The summed E-state index contributed by atoms with van der Waals surface area (Å²) in [7, 11) is 0. The molecule has 3 aromatic carbocycles. The Balaban J connectivity index is 1.26. The molecular formula is C31H27BrN2O3. The Bertz CT molecular complexity index is 1410. The lowest BCUT2D eigenvalue weighted by atomic mass is 9.55. The number of amides is 3. The van der Waals surface area contributed by atoms with Gasteiger partial charge in [-0.3, -0.25) is 14.4 Å². The van der Waals surface area contributed by atoms with E-state index in [0.29, 0.717) is 17.2 Å². The highest BCUT2D eigenvalue weighted by atomic mass is 79.9. The molecule has 0 radical (unpaired) electrons. The van der Waals surface area contributed by atoms with Gasteiger partial charge in [-0.2, -0.15) is 0 Å². The Labute approximate surface area is 224 Å². The minimum Gasteiger partial charge on any atom is -0.339 e. The fourth-order valence-corrected chi connectivity index (χ4v) is 8.28. The van der Waals surface area contributed by atoms with Gasteiger partial charge in [0.2, 0.25) is 11.8 Å². The minimum absolute atomic E-state index is 0.00884. The largest absolute Gasteiger partial charge is 0.339 e. The number of benzene rings is 3. The molecule has 0 unspecified atom stereocenters. The van der Waals surface area contributed by atoms with E-state index in [2.05, 4.69) is 47.1 Å². The van der Waals surface area contributed by atoms with Crippen LogP contribution in [0.5, 0.6) is 0 Å². The van der Waals surface area contributed by atoms with Crippen molar-refractivity contribution in [2.45, 2.75) is 30.0 Å². The van der Waals surface area contributed by atoms with Gasteiger partial charge in [0.25, 0.3) is 5.91 Å². The first kappa shape index (κ1) is 22.9. The van der Waals surface area contributed by atoms with Crippen molar-refractivity contribution in [3.05, 3.63) is 101 Å². The molecule has 0 saturated carbocycles. The zero-order chi connectivity index (χ0) is 25.5. The van der Waals surface area contributed by atoms with Crippen LogP contribution in [0.15, 0.2) is 72.8 Å². The first-order valence-corrected chi connectivity index (χ1v) is 13.9. The van der Waals surface area contributed by atoms with E-state index >= 15 is 0 Å². The van der Waals surface area contributed by atoms with Gasteiger partial charge in [-0.15, -0.1) is 0 Å². The van der Waals surface area contributed by atoms with Crippen LogP contribution < -0.4 is 4.90 Å². The number of likely N-dealkylation sites (tertiary alicyclic amines) is 1. The zero-order valence-electron chi connectivity index (χ0n) is 20.6. The third-order valence-electron chi connectivity index (χ3n) is 8.96. The van der Waals surface area contributed by atoms with E-state index in [9.17, 15) is 14.4 Å². The first-order chi connectivity index (χ1) is 17.9. The Morgan fingerprint density at radius 3 is 2.00 bits per heavy atom. The van der Waals surface area contributed by atoms with Crippen LogP contribution in [0.25, 0.3) is 0 Å². The van der Waals surface area contributed by atoms with E-state index in [1.807, 2.05) is 29.2 Å². The second-order valence-electron chi connectivity index (χ2n) is 10.9. The SMILES string of the molecule is CC1CCN(C(=O)c2ccc(N3C(=O)[C@H]4C5c6ccccc6C(Br)(c6ccccc65)[C@H]4C3=O)cc2)CC1. The lowest BCUT2D eigenvalue weighted by Gasteiger charge is -2.51. The molecule has 2 fully saturated rings. The number of hydrogen-bond acceptors (Lipinski definition) is 3. The van der Waals surface area contributed by atoms with Crippen molar-refractivity contribution in [1.82, 2.24) is 4.90 Å². The molecule has 2 bridgehead atoms. The van der Waals surface area contributed by atoms with Gasteiger partial charge in [0.1, 0.15) is 0 Å². The first-order valence-electron chi connectivity index (χ1n) is 13.1. The van der Waals surface area contributed by atoms with E-state index in [1.54, 1.807) is 24.3 Å². The maximum atomic E-state index is 14.1. The molecule has 2 heterocycles. The summed E-state index contributed by atoms with van der Waals surface area (Å²) in [5.41, 5.74) is 5.47. The summed E-state index contributed by atoms with van der Waals surface area (Å²) in [6.45, 7) is 3.76. The maximum Gasteiger partial charge on any atom is 0.253 e. The van der Waals surface area contributed by atoms with Crippen molar-refractivity contribution in [2.24, 2.45) is 17.8 Å². The summed E-state index contributed by atoms with van der Waals surface area (Å²) in [5.74, 6) is -0.885. The van der Waals surface area contributed by atoms with E-state index < -0.39 is 16.2 Å². The van der Waals surface area contributed by atoms with Crippen LogP contribution in [0.2, 0.25) is 0 Å². The minimum atomic E-state index is -0.762. The number of alkyl halides is 1. The summed E-state index contributed by atoms with van der Waals surface area (Å²) >= 11 is 4.03. The molecule has 0 spiro atoms. The molecule has 2 saturated heterocycles. The summed E-state index contributed by atoms with van der Waals surface area (Å²) in [6, 6.07) is 23.3. The number of anilines is 1. The fourth-order valence-electron chi connectivity index (χ4n) is 7.08. The number of hydrogen-bond donors (Lipinski definition) is 0. The predicted molar refractivity (Wildman–Crippen MR) is 145 cm³/mol. The number of piperidine rings is 1. The van der Waals surface area contributed by atoms with E-state index in [4.69, 9.17) is 0 Å². The van der Waals surface area contributed by atoms with Crippen LogP contribution in [-0.4, -0.2) is 35.7 Å². The van der Waals surface area contributed by atoms with E-state index in [1.165, 1.54) is 4.90 Å². The second kappa shape index (κ2) is 8.12. The molecular weight excluding hydrogens is 528 g/mol. The van der Waals surface area contributed by atoms with Crippen molar-refractivity contribution in [2.75, 3.05) is 18.0 Å². The Morgan fingerprint density at radius 1 is 0.838 bits per heavy atom. The number of rotatable bonds is 2. The van der Waals surface area contributed by atoms with Crippen molar-refractivity contribution in [3.8, 4) is 0 Å². The summed E-state index contributed by atoms with van der Waals surface area (Å²) < 4.78 is -0.762. The monoisotopic (exact) mass is 554 g/mol. The third-order valence-corrected chi connectivity index (χ3v) is 10.3. The molecule has 37 heavy (non-hydrogen) atoms. The van der Waals surface area contributed by atoms with Gasteiger partial charge < -0.3 is 4.90 Å². The van der Waals surface area contributed by atoms with E-state index in [-0.39, 0.29) is 23.6 Å². The van der Waals surface area contributed by atoms with Gasteiger partial charge in [-0.05, 0) is 65.3 Å². The molecule has 3 aliphatic carbocycles. The van der Waals surface area contributed by atoms with Crippen molar-refractivity contribution in [3.63, 3.8) is 0 Å². The summed E-state index contributed by atoms with van der Waals surface area (Å²) in [5, 5.41) is 0. The van der Waals surface area contributed by atoms with Gasteiger partial charge in [0.15, 0.2) is 0 Å². The molecule has 6 heteroatoms. The van der Waals surface area contributed by atoms with Crippen molar-refractivity contribution >= 4 is 39.3 Å². The summed E-state index contributed by atoms with van der Waals surface area (Å²) in [4.78, 5) is 44.4. The highest BCUT2D eigenvalue weighted by molar-refractivity contribution is 9.09. The number of halogens is 1. The summed E-state index contributed by atoms with van der Waals surface area (Å²) in [6.07, 6.45) is 2.03. The Hall–Kier alpha value is -3.25. The van der Waals surface area contributed by atoms with Crippen LogP contribution in [0.1, 0.15) is 58.3 Å². The molecule has 5 aliphatic rings.